The van der Waals surface area contributed by atoms with Gasteiger partial charge in [0.25, 0.3) is 15.9 Å². The lowest BCUT2D eigenvalue weighted by molar-refractivity contribution is -0.141. The monoisotopic (exact) mass is 539 g/mol. The highest BCUT2D eigenvalue weighted by Crippen LogP contribution is 2.37. The Bertz CT molecular complexity index is 1680. The van der Waals surface area contributed by atoms with Gasteiger partial charge in [-0.25, -0.2) is 8.42 Å². The molecule has 0 saturated carbocycles. The molecule has 1 aliphatic rings. The zero-order valence-electron chi connectivity index (χ0n) is 19.8. The first-order valence-corrected chi connectivity index (χ1v) is 13.3. The number of carbonyl (C=O) groups excluding carboxylic acids is 2. The van der Waals surface area contributed by atoms with E-state index >= 15 is 0 Å². The molecule has 0 bridgehead atoms. The number of benzene rings is 3. The minimum absolute atomic E-state index is 0.0348. The Hall–Kier alpha value is -4.16. The Morgan fingerprint density at radius 3 is 2.41 bits per heavy atom. The number of hydrogen-bond acceptors (Lipinski definition) is 8. The summed E-state index contributed by atoms with van der Waals surface area (Å²) in [6.45, 7) is -0.0581. The predicted octanol–water partition coefficient (Wildman–Crippen LogP) is 3.17. The molecule has 0 saturated heterocycles. The van der Waals surface area contributed by atoms with E-state index in [1.807, 2.05) is 0 Å². The van der Waals surface area contributed by atoms with Crippen LogP contribution in [0.4, 0.5) is 5.69 Å². The number of nitrogens with zero attached hydrogens (tertiary/aromatic N) is 3. The van der Waals surface area contributed by atoms with Gasteiger partial charge in [-0.2, -0.15) is 4.99 Å². The van der Waals surface area contributed by atoms with Gasteiger partial charge >= 0.3 is 5.97 Å². The molecule has 10 nitrogen and oxygen atoms in total. The Morgan fingerprint density at radius 1 is 1.05 bits per heavy atom. The van der Waals surface area contributed by atoms with Gasteiger partial charge in [0.2, 0.25) is 6.79 Å². The molecule has 2 heterocycles. The van der Waals surface area contributed by atoms with Crippen molar-refractivity contribution in [3.05, 3.63) is 77.1 Å². The first-order chi connectivity index (χ1) is 17.8. The van der Waals surface area contributed by atoms with E-state index in [2.05, 4.69) is 4.99 Å². The fourth-order valence-electron chi connectivity index (χ4n) is 3.75. The molecule has 0 aliphatic carbocycles. The minimum atomic E-state index is -3.82. The number of esters is 1. The van der Waals surface area contributed by atoms with E-state index < -0.39 is 21.9 Å². The number of rotatable bonds is 6. The van der Waals surface area contributed by atoms with Crippen LogP contribution >= 0.6 is 11.3 Å². The smallest absolute Gasteiger partial charge is 0.325 e. The van der Waals surface area contributed by atoms with Crippen LogP contribution in [-0.2, 0) is 26.1 Å². The fraction of sp³-hybridized carbons (Fsp3) is 0.160. The van der Waals surface area contributed by atoms with Crippen LogP contribution in [0.5, 0.6) is 11.5 Å². The average molecular weight is 540 g/mol. The van der Waals surface area contributed by atoms with Gasteiger partial charge in [-0.15, -0.1) is 0 Å². The molecule has 12 heteroatoms. The van der Waals surface area contributed by atoms with E-state index in [-0.39, 0.29) is 28.6 Å². The van der Waals surface area contributed by atoms with Gasteiger partial charge in [0.1, 0.15) is 6.54 Å². The maximum Gasteiger partial charge on any atom is 0.325 e. The van der Waals surface area contributed by atoms with Crippen molar-refractivity contribution in [2.75, 3.05) is 25.3 Å². The maximum atomic E-state index is 13.0. The molecule has 4 aromatic rings. The highest BCUT2D eigenvalue weighted by molar-refractivity contribution is 7.92. The van der Waals surface area contributed by atoms with E-state index in [0.717, 1.165) is 4.70 Å². The molecule has 1 amide bonds. The predicted molar refractivity (Wildman–Crippen MR) is 136 cm³/mol. The van der Waals surface area contributed by atoms with Crippen LogP contribution in [0.1, 0.15) is 10.4 Å². The zero-order valence-corrected chi connectivity index (χ0v) is 21.4. The summed E-state index contributed by atoms with van der Waals surface area (Å²) in [4.78, 5) is 29.6. The van der Waals surface area contributed by atoms with Crippen molar-refractivity contribution in [3.63, 3.8) is 0 Å². The van der Waals surface area contributed by atoms with Crippen molar-refractivity contribution >= 4 is 49.1 Å². The van der Waals surface area contributed by atoms with E-state index in [0.29, 0.717) is 22.7 Å². The number of aromatic nitrogens is 1. The first-order valence-electron chi connectivity index (χ1n) is 11.0. The summed E-state index contributed by atoms with van der Waals surface area (Å²) < 4.78 is 45.2. The largest absolute Gasteiger partial charge is 0.468 e. The molecule has 1 aliphatic heterocycles. The second kappa shape index (κ2) is 9.71. The number of sulfonamides is 1. The van der Waals surface area contributed by atoms with Crippen LogP contribution in [0.3, 0.4) is 0 Å². The lowest BCUT2D eigenvalue weighted by Crippen LogP contribution is -2.26. The molecule has 3 aromatic carbocycles. The van der Waals surface area contributed by atoms with Crippen LogP contribution < -0.4 is 18.6 Å². The molecular formula is C25H21N3O7S2. The van der Waals surface area contributed by atoms with E-state index in [1.54, 1.807) is 47.0 Å². The molecular weight excluding hydrogens is 518 g/mol. The third kappa shape index (κ3) is 4.68. The molecule has 1 aromatic heterocycles. The number of para-hydroxylation sites is 1. The van der Waals surface area contributed by atoms with Crippen LogP contribution in [-0.4, -0.2) is 45.8 Å². The average Bonchev–Trinajstić information content (AvgIpc) is 3.50. The highest BCUT2D eigenvalue weighted by atomic mass is 32.2. The van der Waals surface area contributed by atoms with Crippen LogP contribution in [0.2, 0.25) is 0 Å². The summed E-state index contributed by atoms with van der Waals surface area (Å²) in [6, 6.07) is 17.7. The third-order valence-corrected chi connectivity index (χ3v) is 8.61. The third-order valence-electron chi connectivity index (χ3n) is 5.77. The normalized spacial score (nSPS) is 13.1. The van der Waals surface area contributed by atoms with Gasteiger partial charge in [-0.05, 0) is 36.4 Å². The topological polar surface area (TPSA) is 117 Å². The van der Waals surface area contributed by atoms with Crippen LogP contribution in [0.25, 0.3) is 10.2 Å². The highest BCUT2D eigenvalue weighted by Gasteiger charge is 2.22. The number of ether oxygens (including phenoxy) is 3. The Balaban J connectivity index is 1.48. The first kappa shape index (κ1) is 24.5. The lowest BCUT2D eigenvalue weighted by Gasteiger charge is -2.19. The van der Waals surface area contributed by atoms with Crippen molar-refractivity contribution in [1.82, 2.24) is 4.57 Å². The molecule has 37 heavy (non-hydrogen) atoms. The van der Waals surface area contributed by atoms with E-state index in [1.165, 1.54) is 54.1 Å². The van der Waals surface area contributed by atoms with E-state index in [4.69, 9.17) is 14.2 Å². The van der Waals surface area contributed by atoms with Crippen LogP contribution in [0, 0.1) is 0 Å². The van der Waals surface area contributed by atoms with Gasteiger partial charge in [0, 0.05) is 24.7 Å². The maximum absolute atomic E-state index is 13.0. The van der Waals surface area contributed by atoms with Gasteiger partial charge < -0.3 is 18.8 Å². The second-order valence-corrected chi connectivity index (χ2v) is 10.9. The van der Waals surface area contributed by atoms with E-state index in [9.17, 15) is 18.0 Å². The number of hydrogen-bond donors (Lipinski definition) is 0. The second-order valence-electron chi connectivity index (χ2n) is 7.97. The van der Waals surface area contributed by atoms with Crippen molar-refractivity contribution in [1.29, 1.82) is 0 Å². The molecule has 0 fully saturated rings. The molecule has 0 unspecified atom stereocenters. The fourth-order valence-corrected chi connectivity index (χ4v) is 5.98. The SMILES string of the molecule is COC(=O)Cn1c(=NC(=O)c2ccc(S(=O)(=O)N(C)c3ccccc3)cc2)sc2cc3c(cc21)OCO3. The number of anilines is 1. The number of carbonyl (C=O) groups is 2. The van der Waals surface area contributed by atoms with Crippen molar-refractivity contribution in [2.45, 2.75) is 11.4 Å². The molecule has 0 atom stereocenters. The standard InChI is InChI=1S/C25H21N3O7S2/c1-27(17-6-4-3-5-7-17)37(31,32)18-10-8-16(9-11-18)24(30)26-25-28(14-23(29)33-2)19-12-20-21(35-15-34-20)13-22(19)36-25/h3-13H,14-15H2,1-2H3. The van der Waals surface area contributed by atoms with Crippen molar-refractivity contribution in [3.8, 4) is 11.5 Å². The van der Waals surface area contributed by atoms with Crippen LogP contribution in [0.15, 0.2) is 76.6 Å². The number of fused-ring (bicyclic) bond motifs is 2. The van der Waals surface area contributed by atoms with Gasteiger partial charge in [0.15, 0.2) is 16.3 Å². The summed E-state index contributed by atoms with van der Waals surface area (Å²) in [6.07, 6.45) is 0. The Labute approximate surface area is 216 Å². The number of amides is 1. The summed E-state index contributed by atoms with van der Waals surface area (Å²) in [5.74, 6) is -0.0119. The Kier molecular flexibility index (Phi) is 6.44. The van der Waals surface area contributed by atoms with Gasteiger partial charge in [-0.3, -0.25) is 13.9 Å². The van der Waals surface area contributed by atoms with Crippen molar-refractivity contribution < 1.29 is 32.2 Å². The summed E-state index contributed by atoms with van der Waals surface area (Å²) in [5, 5.41) is 0. The summed E-state index contributed by atoms with van der Waals surface area (Å²) >= 11 is 1.20. The minimum Gasteiger partial charge on any atom is -0.468 e. The molecule has 5 rings (SSSR count). The summed E-state index contributed by atoms with van der Waals surface area (Å²) in [7, 11) is -1.08. The molecule has 0 radical (unpaired) electrons. The van der Waals surface area contributed by atoms with Gasteiger partial charge in [-0.1, -0.05) is 29.5 Å². The lowest BCUT2D eigenvalue weighted by atomic mass is 10.2. The van der Waals surface area contributed by atoms with Crippen molar-refractivity contribution in [2.24, 2.45) is 4.99 Å². The number of thiazole rings is 1. The summed E-state index contributed by atoms with van der Waals surface area (Å²) in [5.41, 5.74) is 1.34. The molecule has 0 N–H and O–H groups in total. The quantitative estimate of drug-likeness (QED) is 0.346. The molecule has 0 spiro atoms. The Morgan fingerprint density at radius 2 is 1.73 bits per heavy atom. The molecule has 190 valence electrons. The zero-order chi connectivity index (χ0) is 26.2. The van der Waals surface area contributed by atoms with Gasteiger partial charge in [0.05, 0.1) is 27.9 Å². The number of methoxy groups -OCH3 is 1.